The van der Waals surface area contributed by atoms with Gasteiger partial charge in [-0.25, -0.2) is 0 Å². The van der Waals surface area contributed by atoms with Crippen molar-refractivity contribution in [1.29, 1.82) is 0 Å². The van der Waals surface area contributed by atoms with E-state index in [1.165, 1.54) is 12.8 Å². The highest BCUT2D eigenvalue weighted by molar-refractivity contribution is 6.31. The molecule has 1 aromatic carbocycles. The van der Waals surface area contributed by atoms with Crippen molar-refractivity contribution in [1.82, 2.24) is 10.6 Å². The molecule has 0 aliphatic carbocycles. The van der Waals surface area contributed by atoms with Crippen LogP contribution in [0.5, 0.6) is 0 Å². The Bertz CT molecular complexity index is 495. The number of piperidine rings is 1. The summed E-state index contributed by atoms with van der Waals surface area (Å²) in [5.74, 6) is -0.00630. The molecular formula is C15H20Cl2N2O. The van der Waals surface area contributed by atoms with Crippen molar-refractivity contribution in [2.75, 3.05) is 0 Å². The molecule has 0 saturated carbocycles. The van der Waals surface area contributed by atoms with E-state index in [1.807, 2.05) is 19.1 Å². The summed E-state index contributed by atoms with van der Waals surface area (Å²) >= 11 is 6.07. The maximum atomic E-state index is 12.2. The number of carbonyl (C=O) groups excluding carboxylic acids is 1. The quantitative estimate of drug-likeness (QED) is 0.880. The van der Waals surface area contributed by atoms with Gasteiger partial charge in [-0.3, -0.25) is 4.79 Å². The van der Waals surface area contributed by atoms with E-state index < -0.39 is 0 Å². The zero-order chi connectivity index (χ0) is 13.4. The number of rotatable bonds is 2. The van der Waals surface area contributed by atoms with Gasteiger partial charge in [-0.05, 0) is 50.3 Å². The molecule has 2 bridgehead atoms. The van der Waals surface area contributed by atoms with Gasteiger partial charge >= 0.3 is 0 Å². The SMILES string of the molecule is Cc1ccc(C(=O)NC2CC3CCC(C2)N3)cc1Cl.Cl. The Kier molecular flexibility index (Phi) is 4.95. The van der Waals surface area contributed by atoms with E-state index in [0.29, 0.717) is 28.7 Å². The number of aryl methyl sites for hydroxylation is 1. The number of hydrogen-bond acceptors (Lipinski definition) is 2. The normalized spacial score (nSPS) is 27.8. The van der Waals surface area contributed by atoms with Crippen molar-refractivity contribution >= 4 is 29.9 Å². The summed E-state index contributed by atoms with van der Waals surface area (Å²) in [5.41, 5.74) is 1.65. The van der Waals surface area contributed by atoms with Gasteiger partial charge in [0, 0.05) is 28.7 Å². The average molecular weight is 315 g/mol. The fourth-order valence-electron chi connectivity index (χ4n) is 3.18. The van der Waals surface area contributed by atoms with Crippen LogP contribution in [0.1, 0.15) is 41.6 Å². The van der Waals surface area contributed by atoms with Crippen molar-refractivity contribution in [2.24, 2.45) is 0 Å². The van der Waals surface area contributed by atoms with Gasteiger partial charge in [0.25, 0.3) is 5.91 Å². The summed E-state index contributed by atoms with van der Waals surface area (Å²) < 4.78 is 0. The smallest absolute Gasteiger partial charge is 0.251 e. The lowest BCUT2D eigenvalue weighted by Crippen LogP contribution is -2.48. The molecule has 1 amide bonds. The van der Waals surface area contributed by atoms with E-state index in [-0.39, 0.29) is 18.3 Å². The first kappa shape index (κ1) is 15.6. The van der Waals surface area contributed by atoms with E-state index in [9.17, 15) is 4.79 Å². The monoisotopic (exact) mass is 314 g/mol. The third kappa shape index (κ3) is 3.27. The van der Waals surface area contributed by atoms with Gasteiger partial charge in [-0.1, -0.05) is 17.7 Å². The van der Waals surface area contributed by atoms with Crippen LogP contribution in [0.25, 0.3) is 0 Å². The van der Waals surface area contributed by atoms with Gasteiger partial charge in [0.1, 0.15) is 0 Å². The molecule has 2 N–H and O–H groups in total. The van der Waals surface area contributed by atoms with E-state index in [4.69, 9.17) is 11.6 Å². The summed E-state index contributed by atoms with van der Waals surface area (Å²) in [6, 6.07) is 6.96. The van der Waals surface area contributed by atoms with Gasteiger partial charge in [0.15, 0.2) is 0 Å². The number of hydrogen-bond donors (Lipinski definition) is 2. The Morgan fingerprint density at radius 3 is 2.55 bits per heavy atom. The fourth-order valence-corrected chi connectivity index (χ4v) is 3.36. The Hall–Kier alpha value is -0.770. The number of carbonyl (C=O) groups is 1. The number of amides is 1. The lowest BCUT2D eigenvalue weighted by atomic mass is 9.99. The van der Waals surface area contributed by atoms with Gasteiger partial charge in [-0.15, -0.1) is 12.4 Å². The van der Waals surface area contributed by atoms with Crippen LogP contribution in [0.2, 0.25) is 5.02 Å². The van der Waals surface area contributed by atoms with Crippen LogP contribution in [0.3, 0.4) is 0 Å². The topological polar surface area (TPSA) is 41.1 Å². The highest BCUT2D eigenvalue weighted by atomic mass is 35.5. The van der Waals surface area contributed by atoms with Crippen LogP contribution in [-0.4, -0.2) is 24.0 Å². The van der Waals surface area contributed by atoms with Crippen LogP contribution in [0.15, 0.2) is 18.2 Å². The summed E-state index contributed by atoms with van der Waals surface area (Å²) in [7, 11) is 0. The first-order valence-corrected chi connectivity index (χ1v) is 7.32. The van der Waals surface area contributed by atoms with Crippen molar-refractivity contribution in [3.63, 3.8) is 0 Å². The first-order valence-electron chi connectivity index (χ1n) is 6.95. The zero-order valence-electron chi connectivity index (χ0n) is 11.5. The molecule has 0 radical (unpaired) electrons. The Morgan fingerprint density at radius 2 is 1.95 bits per heavy atom. The second-order valence-corrected chi connectivity index (χ2v) is 6.15. The second kappa shape index (κ2) is 6.33. The highest BCUT2D eigenvalue weighted by Crippen LogP contribution is 2.27. The highest BCUT2D eigenvalue weighted by Gasteiger charge is 2.34. The van der Waals surface area contributed by atoms with Gasteiger partial charge < -0.3 is 10.6 Å². The Morgan fingerprint density at radius 1 is 1.30 bits per heavy atom. The number of fused-ring (bicyclic) bond motifs is 2. The fraction of sp³-hybridized carbons (Fsp3) is 0.533. The van der Waals surface area contributed by atoms with E-state index in [2.05, 4.69) is 10.6 Å². The van der Waals surface area contributed by atoms with Crippen LogP contribution < -0.4 is 10.6 Å². The summed E-state index contributed by atoms with van der Waals surface area (Å²) in [5, 5.41) is 7.37. The van der Waals surface area contributed by atoms with Crippen LogP contribution in [0, 0.1) is 6.92 Å². The van der Waals surface area contributed by atoms with Crippen molar-refractivity contribution in [3.8, 4) is 0 Å². The Labute approximate surface area is 130 Å². The molecule has 1 aromatic rings. The molecule has 2 aliphatic rings. The van der Waals surface area contributed by atoms with Crippen molar-refractivity contribution in [2.45, 2.75) is 50.7 Å². The molecule has 110 valence electrons. The van der Waals surface area contributed by atoms with Gasteiger partial charge in [-0.2, -0.15) is 0 Å². The van der Waals surface area contributed by atoms with Gasteiger partial charge in [0.05, 0.1) is 0 Å². The maximum absolute atomic E-state index is 12.2. The zero-order valence-corrected chi connectivity index (χ0v) is 13.1. The average Bonchev–Trinajstić information content (AvgIpc) is 2.72. The number of nitrogens with one attached hydrogen (secondary N) is 2. The molecule has 0 spiro atoms. The minimum atomic E-state index is -0.00630. The van der Waals surface area contributed by atoms with E-state index in [0.717, 1.165) is 18.4 Å². The Balaban J connectivity index is 0.00000147. The van der Waals surface area contributed by atoms with Crippen LogP contribution in [0.4, 0.5) is 0 Å². The number of halogens is 2. The largest absolute Gasteiger partial charge is 0.349 e. The molecule has 2 aliphatic heterocycles. The van der Waals surface area contributed by atoms with E-state index >= 15 is 0 Å². The third-order valence-corrected chi connectivity index (χ3v) is 4.65. The first-order chi connectivity index (χ1) is 9.11. The lowest BCUT2D eigenvalue weighted by Gasteiger charge is -2.29. The third-order valence-electron chi connectivity index (χ3n) is 4.24. The van der Waals surface area contributed by atoms with Crippen molar-refractivity contribution < 1.29 is 4.79 Å². The maximum Gasteiger partial charge on any atom is 0.251 e. The summed E-state index contributed by atoms with van der Waals surface area (Å²) in [6.45, 7) is 1.94. The molecule has 3 nitrogen and oxygen atoms in total. The van der Waals surface area contributed by atoms with Crippen LogP contribution in [-0.2, 0) is 0 Å². The molecule has 2 saturated heterocycles. The molecule has 3 rings (SSSR count). The lowest BCUT2D eigenvalue weighted by molar-refractivity contribution is 0.0924. The molecule has 5 heteroatoms. The number of benzene rings is 1. The van der Waals surface area contributed by atoms with Crippen LogP contribution >= 0.6 is 24.0 Å². The van der Waals surface area contributed by atoms with E-state index in [1.54, 1.807) is 6.07 Å². The van der Waals surface area contributed by atoms with Crippen molar-refractivity contribution in [3.05, 3.63) is 34.3 Å². The molecule has 0 aromatic heterocycles. The predicted octanol–water partition coefficient (Wildman–Crippen LogP) is 3.08. The van der Waals surface area contributed by atoms with Gasteiger partial charge in [0.2, 0.25) is 0 Å². The minimum Gasteiger partial charge on any atom is -0.349 e. The standard InChI is InChI=1S/C15H19ClN2O.ClH/c1-9-2-3-10(6-14(9)16)15(19)18-13-7-11-4-5-12(8-13)17-11;/h2-3,6,11-13,17H,4-5,7-8H2,1H3,(H,18,19);1H. The molecule has 2 fully saturated rings. The molecular weight excluding hydrogens is 295 g/mol. The summed E-state index contributed by atoms with van der Waals surface area (Å²) in [6.07, 6.45) is 4.57. The molecule has 2 heterocycles. The predicted molar refractivity (Wildman–Crippen MR) is 83.9 cm³/mol. The molecule has 2 unspecified atom stereocenters. The second-order valence-electron chi connectivity index (χ2n) is 5.74. The summed E-state index contributed by atoms with van der Waals surface area (Å²) in [4.78, 5) is 12.2. The minimum absolute atomic E-state index is 0. The molecule has 2 atom stereocenters. The molecule has 20 heavy (non-hydrogen) atoms.